The van der Waals surface area contributed by atoms with Gasteiger partial charge in [0.25, 0.3) is 0 Å². The Morgan fingerprint density at radius 3 is 2.92 bits per heavy atom. The molecule has 26 heavy (non-hydrogen) atoms. The van der Waals surface area contributed by atoms with Crippen LogP contribution in [0.4, 0.5) is 10.8 Å². The Morgan fingerprint density at radius 2 is 2.23 bits per heavy atom. The minimum absolute atomic E-state index is 0.0510. The molecule has 1 unspecified atom stereocenters. The van der Waals surface area contributed by atoms with Gasteiger partial charge in [0.2, 0.25) is 5.91 Å². The summed E-state index contributed by atoms with van der Waals surface area (Å²) in [6, 6.07) is 9.94. The number of nitrogens with zero attached hydrogens (tertiary/aromatic N) is 4. The molecule has 6 nitrogen and oxygen atoms in total. The Bertz CT molecular complexity index is 875. The number of aryl methyl sites for hydroxylation is 1. The number of carbonyl (C=O) groups excluding carboxylic acids is 1. The van der Waals surface area contributed by atoms with Crippen LogP contribution in [0.3, 0.4) is 0 Å². The molecule has 1 fully saturated rings. The summed E-state index contributed by atoms with van der Waals surface area (Å²) in [5.41, 5.74) is 1.81. The van der Waals surface area contributed by atoms with Crippen LogP contribution >= 0.6 is 22.9 Å². The van der Waals surface area contributed by atoms with E-state index in [9.17, 15) is 4.79 Å². The van der Waals surface area contributed by atoms with E-state index in [0.29, 0.717) is 6.54 Å². The second-order valence-electron chi connectivity index (χ2n) is 6.36. The number of carbonyl (C=O) groups is 1. The maximum Gasteiger partial charge on any atom is 0.229 e. The number of nitrogens with one attached hydrogen (secondary N) is 1. The molecule has 0 spiro atoms. The average Bonchev–Trinajstić information content (AvgIpc) is 3.34. The van der Waals surface area contributed by atoms with Gasteiger partial charge in [-0.3, -0.25) is 4.79 Å². The molecule has 0 saturated carbocycles. The van der Waals surface area contributed by atoms with Gasteiger partial charge in [-0.2, -0.15) is 4.37 Å². The number of piperidine rings is 1. The number of anilines is 2. The quantitative estimate of drug-likeness (QED) is 0.739. The van der Waals surface area contributed by atoms with E-state index in [2.05, 4.69) is 24.8 Å². The van der Waals surface area contributed by atoms with Gasteiger partial charge in [-0.25, -0.2) is 0 Å². The van der Waals surface area contributed by atoms with E-state index in [-0.39, 0.29) is 11.8 Å². The SMILES string of the molecule is Cc1cc(NC(=O)C2CCCN(c3ccc(-c4cccs4)nn3)C2)sn1. The standard InChI is InChI=1S/C18H19N5OS2/c1-12-10-17(26-22-12)19-18(24)13-4-2-8-23(11-13)16-7-6-14(20-21-16)15-5-3-9-25-15/h3,5-7,9-10,13H,2,4,8,11H2,1H3,(H,19,24). The van der Waals surface area contributed by atoms with Crippen molar-refractivity contribution in [3.8, 4) is 10.6 Å². The summed E-state index contributed by atoms with van der Waals surface area (Å²) in [6.07, 6.45) is 1.86. The molecule has 134 valence electrons. The fraction of sp³-hybridized carbons (Fsp3) is 0.333. The van der Waals surface area contributed by atoms with Crippen molar-refractivity contribution in [3.63, 3.8) is 0 Å². The first kappa shape index (κ1) is 17.1. The largest absolute Gasteiger partial charge is 0.354 e. The van der Waals surface area contributed by atoms with Crippen molar-refractivity contribution in [2.75, 3.05) is 23.3 Å². The first-order valence-electron chi connectivity index (χ1n) is 8.56. The van der Waals surface area contributed by atoms with E-state index < -0.39 is 0 Å². The molecule has 4 heterocycles. The molecule has 4 rings (SSSR count). The molecule has 0 aliphatic carbocycles. The Hall–Kier alpha value is -2.32. The number of rotatable bonds is 4. The lowest BCUT2D eigenvalue weighted by molar-refractivity contribution is -0.120. The smallest absolute Gasteiger partial charge is 0.229 e. The van der Waals surface area contributed by atoms with Gasteiger partial charge in [0.1, 0.15) is 10.7 Å². The van der Waals surface area contributed by atoms with E-state index in [1.54, 1.807) is 11.3 Å². The number of thiophene rings is 1. The summed E-state index contributed by atoms with van der Waals surface area (Å²) in [7, 11) is 0. The fourth-order valence-corrected chi connectivity index (χ4v) is 4.45. The number of amides is 1. The van der Waals surface area contributed by atoms with E-state index >= 15 is 0 Å². The molecule has 1 saturated heterocycles. The van der Waals surface area contributed by atoms with Crippen LogP contribution < -0.4 is 10.2 Å². The Kier molecular flexibility index (Phi) is 4.94. The van der Waals surface area contributed by atoms with E-state index in [4.69, 9.17) is 0 Å². The highest BCUT2D eigenvalue weighted by Crippen LogP contribution is 2.26. The van der Waals surface area contributed by atoms with Crippen molar-refractivity contribution in [1.29, 1.82) is 0 Å². The van der Waals surface area contributed by atoms with Gasteiger partial charge in [-0.15, -0.1) is 21.5 Å². The van der Waals surface area contributed by atoms with Crippen LogP contribution in [0.25, 0.3) is 10.6 Å². The number of aromatic nitrogens is 3. The molecule has 1 N–H and O–H groups in total. The average molecular weight is 386 g/mol. The fourth-order valence-electron chi connectivity index (χ4n) is 3.09. The number of hydrogen-bond donors (Lipinski definition) is 1. The van der Waals surface area contributed by atoms with Crippen LogP contribution in [0.2, 0.25) is 0 Å². The molecule has 0 radical (unpaired) electrons. The van der Waals surface area contributed by atoms with Crippen molar-refractivity contribution in [2.45, 2.75) is 19.8 Å². The van der Waals surface area contributed by atoms with Crippen LogP contribution in [0.15, 0.2) is 35.7 Å². The molecular formula is C18H19N5OS2. The predicted octanol–water partition coefficient (Wildman–Crippen LogP) is 3.83. The summed E-state index contributed by atoms with van der Waals surface area (Å²) in [5.74, 6) is 0.836. The van der Waals surface area contributed by atoms with Gasteiger partial charge in [0, 0.05) is 13.1 Å². The summed E-state index contributed by atoms with van der Waals surface area (Å²) < 4.78 is 4.21. The molecule has 3 aromatic heterocycles. The zero-order chi connectivity index (χ0) is 17.9. The maximum absolute atomic E-state index is 12.6. The third-order valence-corrected chi connectivity index (χ3v) is 6.10. The van der Waals surface area contributed by atoms with Crippen molar-refractivity contribution >= 4 is 39.6 Å². The van der Waals surface area contributed by atoms with Crippen LogP contribution in [0, 0.1) is 12.8 Å². The van der Waals surface area contributed by atoms with Crippen LogP contribution in [0.5, 0.6) is 0 Å². The van der Waals surface area contributed by atoms with Crippen LogP contribution in [-0.4, -0.2) is 33.6 Å². The van der Waals surface area contributed by atoms with Crippen molar-refractivity contribution in [2.24, 2.45) is 5.92 Å². The monoisotopic (exact) mass is 385 g/mol. The highest BCUT2D eigenvalue weighted by Gasteiger charge is 2.27. The third kappa shape index (κ3) is 3.76. The second-order valence-corrected chi connectivity index (χ2v) is 8.11. The Balaban J connectivity index is 1.42. The minimum Gasteiger partial charge on any atom is -0.354 e. The predicted molar refractivity (Wildman–Crippen MR) is 106 cm³/mol. The molecule has 0 bridgehead atoms. The van der Waals surface area contributed by atoms with Gasteiger partial charge in [-0.1, -0.05) is 6.07 Å². The van der Waals surface area contributed by atoms with Crippen molar-refractivity contribution in [1.82, 2.24) is 14.6 Å². The topological polar surface area (TPSA) is 71.0 Å². The summed E-state index contributed by atoms with van der Waals surface area (Å²) in [5, 5.41) is 14.6. The molecular weight excluding hydrogens is 366 g/mol. The molecule has 1 atom stereocenters. The van der Waals surface area contributed by atoms with E-state index in [1.807, 2.05) is 42.6 Å². The lowest BCUT2D eigenvalue weighted by Crippen LogP contribution is -2.41. The van der Waals surface area contributed by atoms with Gasteiger partial charge in [-0.05, 0) is 60.9 Å². The van der Waals surface area contributed by atoms with Crippen LogP contribution in [-0.2, 0) is 4.79 Å². The lowest BCUT2D eigenvalue weighted by atomic mass is 9.97. The van der Waals surface area contributed by atoms with E-state index in [0.717, 1.165) is 46.5 Å². The highest BCUT2D eigenvalue weighted by atomic mass is 32.1. The van der Waals surface area contributed by atoms with Crippen molar-refractivity contribution in [3.05, 3.63) is 41.4 Å². The molecule has 0 aromatic carbocycles. The minimum atomic E-state index is -0.0510. The summed E-state index contributed by atoms with van der Waals surface area (Å²) in [4.78, 5) is 15.8. The summed E-state index contributed by atoms with van der Waals surface area (Å²) in [6.45, 7) is 3.49. The van der Waals surface area contributed by atoms with Gasteiger partial charge in [0.15, 0.2) is 5.82 Å². The van der Waals surface area contributed by atoms with E-state index in [1.165, 1.54) is 11.5 Å². The zero-order valence-corrected chi connectivity index (χ0v) is 16.0. The first-order valence-corrected chi connectivity index (χ1v) is 10.2. The van der Waals surface area contributed by atoms with Gasteiger partial charge >= 0.3 is 0 Å². The van der Waals surface area contributed by atoms with Crippen LogP contribution in [0.1, 0.15) is 18.5 Å². The van der Waals surface area contributed by atoms with Gasteiger partial charge < -0.3 is 10.2 Å². The lowest BCUT2D eigenvalue weighted by Gasteiger charge is -2.32. The molecule has 1 amide bonds. The molecule has 8 heteroatoms. The molecule has 1 aliphatic rings. The highest BCUT2D eigenvalue weighted by molar-refractivity contribution is 7.13. The number of hydrogen-bond acceptors (Lipinski definition) is 7. The van der Waals surface area contributed by atoms with Crippen molar-refractivity contribution < 1.29 is 4.79 Å². The maximum atomic E-state index is 12.6. The third-order valence-electron chi connectivity index (χ3n) is 4.41. The Morgan fingerprint density at radius 1 is 1.31 bits per heavy atom. The summed E-state index contributed by atoms with van der Waals surface area (Å²) >= 11 is 2.97. The molecule has 3 aromatic rings. The molecule has 1 aliphatic heterocycles. The normalized spacial score (nSPS) is 17.3. The second kappa shape index (κ2) is 7.51. The first-order chi connectivity index (χ1) is 12.7. The van der Waals surface area contributed by atoms with Gasteiger partial charge in [0.05, 0.1) is 16.5 Å². The Labute approximate surface area is 160 Å². The zero-order valence-electron chi connectivity index (χ0n) is 14.4.